The summed E-state index contributed by atoms with van der Waals surface area (Å²) in [5.41, 5.74) is 5.11. The van der Waals surface area contributed by atoms with Gasteiger partial charge in [-0.2, -0.15) is 0 Å². The molecule has 0 atom stereocenters. The summed E-state index contributed by atoms with van der Waals surface area (Å²) in [6.45, 7) is 7.54. The smallest absolute Gasteiger partial charge is 0.151 e. The average molecular weight is 285 g/mol. The van der Waals surface area contributed by atoms with E-state index in [-0.39, 0.29) is 5.41 Å². The predicted molar refractivity (Wildman–Crippen MR) is 85.6 cm³/mol. The van der Waals surface area contributed by atoms with Crippen molar-refractivity contribution in [2.45, 2.75) is 32.7 Å². The minimum atomic E-state index is 0.185. The van der Waals surface area contributed by atoms with Crippen molar-refractivity contribution in [3.63, 3.8) is 0 Å². The fourth-order valence-corrected chi connectivity index (χ4v) is 2.93. The Hall–Kier alpha value is -1.45. The van der Waals surface area contributed by atoms with Gasteiger partial charge in [-0.05, 0) is 16.5 Å². The van der Waals surface area contributed by atoms with E-state index in [0.29, 0.717) is 0 Å². The third-order valence-corrected chi connectivity index (χ3v) is 4.12. The van der Waals surface area contributed by atoms with Gasteiger partial charge >= 0.3 is 0 Å². The second kappa shape index (κ2) is 5.15. The summed E-state index contributed by atoms with van der Waals surface area (Å²) in [5.74, 6) is 0.986. The van der Waals surface area contributed by atoms with E-state index >= 15 is 0 Å². The summed E-state index contributed by atoms with van der Waals surface area (Å²) in [6, 6.07) is 15.1. The molecule has 2 aromatic carbocycles. The maximum absolute atomic E-state index is 5.71. The molecule has 104 valence electrons. The SMILES string of the molecule is CC(C)(C)c1ccc(-c2cccc3c2OSNC3)cc1. The summed E-state index contributed by atoms with van der Waals surface area (Å²) < 4.78 is 8.86. The van der Waals surface area contributed by atoms with E-state index in [1.54, 1.807) is 0 Å². The molecule has 1 aliphatic rings. The van der Waals surface area contributed by atoms with Crippen molar-refractivity contribution in [3.05, 3.63) is 53.6 Å². The van der Waals surface area contributed by atoms with Gasteiger partial charge in [0.2, 0.25) is 0 Å². The first-order valence-corrected chi connectivity index (χ1v) is 7.59. The molecular formula is C17H19NOS. The van der Waals surface area contributed by atoms with Gasteiger partial charge in [0.1, 0.15) is 12.2 Å². The van der Waals surface area contributed by atoms with Gasteiger partial charge < -0.3 is 4.18 Å². The molecule has 0 aromatic heterocycles. The highest BCUT2D eigenvalue weighted by atomic mass is 32.2. The van der Waals surface area contributed by atoms with Crippen molar-refractivity contribution in [2.75, 3.05) is 0 Å². The first-order chi connectivity index (χ1) is 9.55. The number of nitrogens with one attached hydrogen (secondary N) is 1. The van der Waals surface area contributed by atoms with Crippen LogP contribution in [0.1, 0.15) is 31.9 Å². The highest BCUT2D eigenvalue weighted by Gasteiger charge is 2.17. The van der Waals surface area contributed by atoms with Gasteiger partial charge in [0.15, 0.2) is 5.75 Å². The third-order valence-electron chi connectivity index (χ3n) is 3.61. The molecule has 0 saturated carbocycles. The number of fused-ring (bicyclic) bond motifs is 1. The lowest BCUT2D eigenvalue weighted by atomic mass is 9.86. The fourth-order valence-electron chi connectivity index (χ4n) is 2.38. The summed E-state index contributed by atoms with van der Waals surface area (Å²) in [4.78, 5) is 0. The second-order valence-electron chi connectivity index (χ2n) is 6.11. The molecule has 0 amide bonds. The maximum Gasteiger partial charge on any atom is 0.151 e. The minimum Gasteiger partial charge on any atom is -0.409 e. The monoisotopic (exact) mass is 285 g/mol. The molecule has 0 unspecified atom stereocenters. The Morgan fingerprint density at radius 2 is 1.80 bits per heavy atom. The van der Waals surface area contributed by atoms with Crippen molar-refractivity contribution in [3.8, 4) is 16.9 Å². The fraction of sp³-hybridized carbons (Fsp3) is 0.294. The summed E-state index contributed by atoms with van der Waals surface area (Å²) in [7, 11) is 0. The molecule has 1 aliphatic heterocycles. The molecule has 0 spiro atoms. The zero-order chi connectivity index (χ0) is 14.2. The van der Waals surface area contributed by atoms with Crippen LogP contribution in [0.4, 0.5) is 0 Å². The lowest BCUT2D eigenvalue weighted by molar-refractivity contribution is 0.590. The zero-order valence-electron chi connectivity index (χ0n) is 12.1. The van der Waals surface area contributed by atoms with E-state index < -0.39 is 0 Å². The summed E-state index contributed by atoms with van der Waals surface area (Å²) in [6.07, 6.45) is 0. The molecule has 2 nitrogen and oxygen atoms in total. The largest absolute Gasteiger partial charge is 0.409 e. The first-order valence-electron chi connectivity index (χ1n) is 6.85. The minimum absolute atomic E-state index is 0.185. The molecule has 20 heavy (non-hydrogen) atoms. The lowest BCUT2D eigenvalue weighted by Crippen LogP contribution is -2.13. The van der Waals surface area contributed by atoms with Gasteiger partial charge in [-0.1, -0.05) is 63.2 Å². The Balaban J connectivity index is 2.01. The van der Waals surface area contributed by atoms with Crippen LogP contribution in [0, 0.1) is 0 Å². The molecule has 1 N–H and O–H groups in total. The van der Waals surface area contributed by atoms with E-state index in [4.69, 9.17) is 4.18 Å². The lowest BCUT2D eigenvalue weighted by Gasteiger charge is -2.21. The summed E-state index contributed by atoms with van der Waals surface area (Å²) >= 11 is 1.30. The number of benzene rings is 2. The number of para-hydroxylation sites is 1. The third kappa shape index (κ3) is 2.56. The average Bonchev–Trinajstić information content (AvgIpc) is 2.46. The van der Waals surface area contributed by atoms with E-state index in [0.717, 1.165) is 17.9 Å². The standard InChI is InChI=1S/C17H19NOS/c1-17(2,3)14-9-7-12(8-10-14)15-6-4-5-13-11-18-20-19-16(13)15/h4-10,18H,11H2,1-3H3. The van der Waals surface area contributed by atoms with Crippen LogP contribution in [-0.4, -0.2) is 0 Å². The zero-order valence-corrected chi connectivity index (χ0v) is 12.9. The van der Waals surface area contributed by atoms with Crippen LogP contribution in [-0.2, 0) is 12.0 Å². The normalized spacial score (nSPS) is 14.6. The van der Waals surface area contributed by atoms with E-state index in [9.17, 15) is 0 Å². The van der Waals surface area contributed by atoms with E-state index in [2.05, 4.69) is 68.0 Å². The van der Waals surface area contributed by atoms with Crippen LogP contribution in [0.2, 0.25) is 0 Å². The highest BCUT2D eigenvalue weighted by molar-refractivity contribution is 7.93. The molecule has 0 fully saturated rings. The van der Waals surface area contributed by atoms with Crippen molar-refractivity contribution in [2.24, 2.45) is 0 Å². The number of rotatable bonds is 1. The Labute approximate surface area is 124 Å². The molecule has 1 heterocycles. The Bertz CT molecular complexity index is 614. The van der Waals surface area contributed by atoms with Gasteiger partial charge in [-0.25, -0.2) is 4.72 Å². The van der Waals surface area contributed by atoms with Crippen LogP contribution in [0.15, 0.2) is 42.5 Å². The predicted octanol–water partition coefficient (Wildman–Crippen LogP) is 4.70. The van der Waals surface area contributed by atoms with Crippen molar-refractivity contribution < 1.29 is 4.18 Å². The van der Waals surface area contributed by atoms with Crippen LogP contribution in [0.5, 0.6) is 5.75 Å². The second-order valence-corrected chi connectivity index (χ2v) is 6.73. The van der Waals surface area contributed by atoms with Gasteiger partial charge in [0.25, 0.3) is 0 Å². The molecular weight excluding hydrogens is 266 g/mol. The summed E-state index contributed by atoms with van der Waals surface area (Å²) in [5, 5.41) is 0. The van der Waals surface area contributed by atoms with Crippen LogP contribution in [0.25, 0.3) is 11.1 Å². The molecule has 2 aromatic rings. The molecule has 0 aliphatic carbocycles. The van der Waals surface area contributed by atoms with Crippen molar-refractivity contribution >= 4 is 12.2 Å². The van der Waals surface area contributed by atoms with Crippen LogP contribution < -0.4 is 8.91 Å². The van der Waals surface area contributed by atoms with Gasteiger partial charge in [0.05, 0.1) is 0 Å². The highest BCUT2D eigenvalue weighted by Crippen LogP contribution is 2.37. The number of hydrogen-bond acceptors (Lipinski definition) is 3. The van der Waals surface area contributed by atoms with Crippen LogP contribution >= 0.6 is 12.2 Å². The van der Waals surface area contributed by atoms with Crippen molar-refractivity contribution in [1.29, 1.82) is 0 Å². The van der Waals surface area contributed by atoms with E-state index in [1.807, 2.05) is 0 Å². The molecule has 3 heteroatoms. The molecule has 0 saturated heterocycles. The maximum atomic E-state index is 5.71. The van der Waals surface area contributed by atoms with Gasteiger partial charge in [-0.15, -0.1) is 0 Å². The van der Waals surface area contributed by atoms with Gasteiger partial charge in [0, 0.05) is 17.7 Å². The van der Waals surface area contributed by atoms with Crippen molar-refractivity contribution in [1.82, 2.24) is 4.72 Å². The Morgan fingerprint density at radius 1 is 1.05 bits per heavy atom. The topological polar surface area (TPSA) is 21.3 Å². The quantitative estimate of drug-likeness (QED) is 0.606. The van der Waals surface area contributed by atoms with Gasteiger partial charge in [-0.3, -0.25) is 0 Å². The Kier molecular flexibility index (Phi) is 3.48. The van der Waals surface area contributed by atoms with Crippen LogP contribution in [0.3, 0.4) is 0 Å². The van der Waals surface area contributed by atoms with E-state index in [1.165, 1.54) is 28.9 Å². The number of hydrogen-bond donors (Lipinski definition) is 1. The molecule has 0 radical (unpaired) electrons. The molecule has 3 rings (SSSR count). The first kappa shape index (κ1) is 13.5. The Morgan fingerprint density at radius 3 is 2.50 bits per heavy atom. The molecule has 0 bridgehead atoms.